The third-order valence-electron chi connectivity index (χ3n) is 3.15. The van der Waals surface area contributed by atoms with E-state index in [0.717, 1.165) is 38.5 Å². The van der Waals surface area contributed by atoms with Crippen LogP contribution in [-0.4, -0.2) is 48.8 Å². The van der Waals surface area contributed by atoms with Crippen molar-refractivity contribution in [2.75, 3.05) is 14.1 Å². The Morgan fingerprint density at radius 3 is 1.36 bits per heavy atom. The second-order valence-corrected chi connectivity index (χ2v) is 4.00. The fraction of sp³-hybridized carbons (Fsp3) is 0.800. The van der Waals surface area contributed by atoms with Gasteiger partial charge in [0.2, 0.25) is 12.8 Å². The van der Waals surface area contributed by atoms with Crippen LogP contribution >= 0.6 is 0 Å². The van der Waals surface area contributed by atoms with E-state index in [9.17, 15) is 9.59 Å². The summed E-state index contributed by atoms with van der Waals surface area (Å²) in [6, 6.07) is 0.729. The molecule has 0 atom stereocenters. The molecule has 0 bridgehead atoms. The maximum atomic E-state index is 10.5. The fourth-order valence-corrected chi connectivity index (χ4v) is 2.04. The van der Waals surface area contributed by atoms with E-state index >= 15 is 0 Å². The average Bonchev–Trinajstić information content (AvgIpc) is 2.27. The van der Waals surface area contributed by atoms with Gasteiger partial charge in [-0.3, -0.25) is 9.59 Å². The van der Waals surface area contributed by atoms with Crippen molar-refractivity contribution in [3.8, 4) is 0 Å². The molecule has 1 saturated carbocycles. The van der Waals surface area contributed by atoms with Crippen LogP contribution < -0.4 is 0 Å². The van der Waals surface area contributed by atoms with Crippen LogP contribution in [0.4, 0.5) is 0 Å². The summed E-state index contributed by atoms with van der Waals surface area (Å²) in [6.07, 6.45) is 5.76. The van der Waals surface area contributed by atoms with Crippen molar-refractivity contribution in [3.05, 3.63) is 0 Å². The summed E-state index contributed by atoms with van der Waals surface area (Å²) >= 11 is 0. The zero-order chi connectivity index (χ0) is 10.6. The number of amides is 2. The van der Waals surface area contributed by atoms with E-state index in [-0.39, 0.29) is 0 Å². The summed E-state index contributed by atoms with van der Waals surface area (Å²) in [5.74, 6) is 0. The fourth-order valence-electron chi connectivity index (χ4n) is 2.04. The molecule has 0 aliphatic heterocycles. The second-order valence-electron chi connectivity index (χ2n) is 4.00. The van der Waals surface area contributed by atoms with E-state index in [2.05, 4.69) is 0 Å². The van der Waals surface area contributed by atoms with Crippen LogP contribution in [0.3, 0.4) is 0 Å². The van der Waals surface area contributed by atoms with Crippen LogP contribution in [0.25, 0.3) is 0 Å². The minimum Gasteiger partial charge on any atom is -0.345 e. The average molecular weight is 198 g/mol. The molecule has 0 heterocycles. The molecule has 0 radical (unpaired) electrons. The Morgan fingerprint density at radius 1 is 0.857 bits per heavy atom. The molecule has 4 nitrogen and oxygen atoms in total. The molecule has 14 heavy (non-hydrogen) atoms. The second kappa shape index (κ2) is 4.98. The van der Waals surface area contributed by atoms with Gasteiger partial charge in [-0.1, -0.05) is 0 Å². The minimum absolute atomic E-state index is 0.365. The summed E-state index contributed by atoms with van der Waals surface area (Å²) in [7, 11) is 3.64. The van der Waals surface area contributed by atoms with Crippen LogP contribution in [-0.2, 0) is 9.59 Å². The number of rotatable bonds is 4. The molecule has 0 unspecified atom stereocenters. The predicted octanol–water partition coefficient (Wildman–Crippen LogP) is 0.474. The van der Waals surface area contributed by atoms with Gasteiger partial charge in [0.25, 0.3) is 0 Å². The molecule has 2 amide bonds. The largest absolute Gasteiger partial charge is 0.345 e. The van der Waals surface area contributed by atoms with Crippen LogP contribution in [0.5, 0.6) is 0 Å². The molecular weight excluding hydrogens is 180 g/mol. The standard InChI is InChI=1S/C10H18N2O2/c1-11(7-13)9-3-5-10(6-4-9)12(2)8-14/h7-10H,3-6H2,1-2H3. The molecule has 0 N–H and O–H groups in total. The van der Waals surface area contributed by atoms with Crippen LogP contribution in [0.2, 0.25) is 0 Å². The normalized spacial score (nSPS) is 26.7. The van der Waals surface area contributed by atoms with Crippen molar-refractivity contribution in [2.45, 2.75) is 37.8 Å². The Balaban J connectivity index is 2.38. The van der Waals surface area contributed by atoms with Gasteiger partial charge in [-0.2, -0.15) is 0 Å². The maximum Gasteiger partial charge on any atom is 0.209 e. The lowest BCUT2D eigenvalue weighted by Gasteiger charge is -2.35. The molecule has 0 saturated heterocycles. The van der Waals surface area contributed by atoms with Crippen molar-refractivity contribution in [2.24, 2.45) is 0 Å². The highest BCUT2D eigenvalue weighted by molar-refractivity contribution is 5.48. The van der Waals surface area contributed by atoms with Gasteiger partial charge in [0.1, 0.15) is 0 Å². The number of hydrogen-bond acceptors (Lipinski definition) is 2. The van der Waals surface area contributed by atoms with Gasteiger partial charge >= 0.3 is 0 Å². The van der Waals surface area contributed by atoms with E-state index < -0.39 is 0 Å². The van der Waals surface area contributed by atoms with Crippen LogP contribution in [0.15, 0.2) is 0 Å². The van der Waals surface area contributed by atoms with Crippen molar-refractivity contribution < 1.29 is 9.59 Å². The van der Waals surface area contributed by atoms with Crippen molar-refractivity contribution >= 4 is 12.8 Å². The topological polar surface area (TPSA) is 40.6 Å². The van der Waals surface area contributed by atoms with Gasteiger partial charge in [-0.15, -0.1) is 0 Å². The molecule has 1 aliphatic rings. The predicted molar refractivity (Wildman–Crippen MR) is 53.7 cm³/mol. The Bertz CT molecular complexity index is 178. The number of hydrogen-bond donors (Lipinski definition) is 0. The third-order valence-corrected chi connectivity index (χ3v) is 3.15. The first-order chi connectivity index (χ1) is 6.69. The van der Waals surface area contributed by atoms with E-state index in [1.165, 1.54) is 0 Å². The van der Waals surface area contributed by atoms with E-state index in [1.807, 2.05) is 14.1 Å². The lowest BCUT2D eigenvalue weighted by atomic mass is 9.90. The summed E-state index contributed by atoms with van der Waals surface area (Å²) in [6.45, 7) is 0. The SMILES string of the molecule is CN(C=O)C1CCC(N(C)C=O)CC1. The van der Waals surface area contributed by atoms with Gasteiger partial charge in [-0.05, 0) is 25.7 Å². The quantitative estimate of drug-likeness (QED) is 0.616. The number of carbonyl (C=O) groups excluding carboxylic acids is 2. The van der Waals surface area contributed by atoms with Gasteiger partial charge in [0.15, 0.2) is 0 Å². The summed E-state index contributed by atoms with van der Waals surface area (Å²) in [5, 5.41) is 0. The first-order valence-electron chi connectivity index (χ1n) is 5.03. The van der Waals surface area contributed by atoms with Gasteiger partial charge < -0.3 is 9.80 Å². The van der Waals surface area contributed by atoms with Crippen LogP contribution in [0, 0.1) is 0 Å². The van der Waals surface area contributed by atoms with Crippen LogP contribution in [0.1, 0.15) is 25.7 Å². The third kappa shape index (κ3) is 2.47. The molecule has 0 spiro atoms. The highest BCUT2D eigenvalue weighted by Gasteiger charge is 2.25. The lowest BCUT2D eigenvalue weighted by molar-refractivity contribution is -0.122. The zero-order valence-electron chi connectivity index (χ0n) is 8.85. The Kier molecular flexibility index (Phi) is 3.92. The van der Waals surface area contributed by atoms with Gasteiger partial charge in [0, 0.05) is 26.2 Å². The smallest absolute Gasteiger partial charge is 0.209 e. The molecular formula is C10H18N2O2. The number of nitrogens with zero attached hydrogens (tertiary/aromatic N) is 2. The highest BCUT2D eigenvalue weighted by Crippen LogP contribution is 2.23. The Hall–Kier alpha value is -1.06. The lowest BCUT2D eigenvalue weighted by Crippen LogP contribution is -2.40. The van der Waals surface area contributed by atoms with Crippen molar-refractivity contribution in [1.82, 2.24) is 9.80 Å². The molecule has 80 valence electrons. The van der Waals surface area contributed by atoms with Crippen molar-refractivity contribution in [1.29, 1.82) is 0 Å². The van der Waals surface area contributed by atoms with E-state index in [0.29, 0.717) is 12.1 Å². The first kappa shape index (κ1) is 11.0. The Morgan fingerprint density at radius 2 is 1.14 bits per heavy atom. The molecule has 1 fully saturated rings. The van der Waals surface area contributed by atoms with Gasteiger partial charge in [0.05, 0.1) is 0 Å². The molecule has 1 rings (SSSR count). The molecule has 0 aromatic carbocycles. The molecule has 0 aromatic heterocycles. The molecule has 0 aromatic rings. The summed E-state index contributed by atoms with van der Waals surface area (Å²) in [5.41, 5.74) is 0. The first-order valence-corrected chi connectivity index (χ1v) is 5.03. The summed E-state index contributed by atoms with van der Waals surface area (Å²) < 4.78 is 0. The minimum atomic E-state index is 0.365. The molecule has 1 aliphatic carbocycles. The van der Waals surface area contributed by atoms with Crippen molar-refractivity contribution in [3.63, 3.8) is 0 Å². The Labute approximate surface area is 84.9 Å². The highest BCUT2D eigenvalue weighted by atomic mass is 16.1. The molecule has 4 heteroatoms. The maximum absolute atomic E-state index is 10.5. The monoisotopic (exact) mass is 198 g/mol. The van der Waals surface area contributed by atoms with E-state index in [1.54, 1.807) is 9.80 Å². The summed E-state index contributed by atoms with van der Waals surface area (Å²) in [4.78, 5) is 24.5. The van der Waals surface area contributed by atoms with E-state index in [4.69, 9.17) is 0 Å². The van der Waals surface area contributed by atoms with Gasteiger partial charge in [-0.25, -0.2) is 0 Å². The number of carbonyl (C=O) groups is 2. The zero-order valence-corrected chi connectivity index (χ0v) is 8.85.